The summed E-state index contributed by atoms with van der Waals surface area (Å²) in [7, 11) is 1.83. The van der Waals surface area contributed by atoms with E-state index in [0.29, 0.717) is 12.2 Å². The summed E-state index contributed by atoms with van der Waals surface area (Å²) in [5.41, 5.74) is 5.23. The number of nitrogens with zero attached hydrogens (tertiary/aromatic N) is 4. The zero-order chi connectivity index (χ0) is 19.5. The van der Waals surface area contributed by atoms with Gasteiger partial charge in [-0.2, -0.15) is 5.10 Å². The number of rotatable bonds is 4. The van der Waals surface area contributed by atoms with Crippen molar-refractivity contribution in [3.8, 4) is 0 Å². The van der Waals surface area contributed by atoms with E-state index in [0.717, 1.165) is 37.2 Å². The van der Waals surface area contributed by atoms with Gasteiger partial charge in [-0.1, -0.05) is 35.9 Å². The van der Waals surface area contributed by atoms with Crippen molar-refractivity contribution < 1.29 is 4.79 Å². The van der Waals surface area contributed by atoms with E-state index in [-0.39, 0.29) is 11.8 Å². The lowest BCUT2D eigenvalue weighted by atomic mass is 9.93. The molecule has 1 saturated heterocycles. The van der Waals surface area contributed by atoms with Crippen LogP contribution in [0.2, 0.25) is 0 Å². The first-order valence-electron chi connectivity index (χ1n) is 9.89. The molecule has 28 heavy (non-hydrogen) atoms. The number of benzene rings is 1. The summed E-state index contributed by atoms with van der Waals surface area (Å²) in [6.45, 7) is 3.60. The van der Waals surface area contributed by atoms with Crippen molar-refractivity contribution in [2.75, 3.05) is 13.1 Å². The Morgan fingerprint density at radius 2 is 2.04 bits per heavy atom. The van der Waals surface area contributed by atoms with E-state index in [1.165, 1.54) is 11.1 Å². The molecule has 5 heteroatoms. The van der Waals surface area contributed by atoms with Crippen molar-refractivity contribution in [2.24, 2.45) is 7.05 Å². The molecule has 1 amide bonds. The average Bonchev–Trinajstić information content (AvgIpc) is 3.14. The minimum atomic E-state index is 0.0150. The van der Waals surface area contributed by atoms with Crippen LogP contribution < -0.4 is 0 Å². The fourth-order valence-electron chi connectivity index (χ4n) is 3.95. The van der Waals surface area contributed by atoms with Crippen LogP contribution in [0.15, 0.2) is 54.7 Å². The first-order valence-corrected chi connectivity index (χ1v) is 9.89. The molecule has 0 aliphatic carbocycles. The number of piperidine rings is 1. The van der Waals surface area contributed by atoms with Crippen molar-refractivity contribution in [1.82, 2.24) is 19.7 Å². The molecule has 144 valence electrons. The summed E-state index contributed by atoms with van der Waals surface area (Å²) in [4.78, 5) is 19.6. The molecule has 0 radical (unpaired) electrons. The molecule has 1 atom stereocenters. The Bertz CT molecular complexity index is 978. The maximum atomic E-state index is 12.8. The maximum Gasteiger partial charge on any atom is 0.274 e. The highest BCUT2D eigenvalue weighted by atomic mass is 16.2. The molecule has 3 heterocycles. The smallest absolute Gasteiger partial charge is 0.274 e. The molecule has 1 unspecified atom stereocenters. The lowest BCUT2D eigenvalue weighted by Crippen LogP contribution is -2.39. The van der Waals surface area contributed by atoms with Gasteiger partial charge in [0.15, 0.2) is 0 Å². The SMILES string of the molecule is Cc1cccc(Cc2cccc(C3CCCN(C(=O)c4ccn(C)n4)C3)n2)c1. The number of hydrogen-bond acceptors (Lipinski definition) is 3. The number of carbonyl (C=O) groups excluding carboxylic acids is 1. The standard InChI is InChI=1S/C23H26N4O/c1-17-6-3-7-18(14-17)15-20-9-4-10-21(24-20)19-8-5-12-27(16-19)23(28)22-11-13-26(2)25-22/h3-4,6-7,9-11,13-14,19H,5,8,12,15-16H2,1-2H3. The zero-order valence-corrected chi connectivity index (χ0v) is 16.5. The number of carbonyl (C=O) groups is 1. The van der Waals surface area contributed by atoms with Gasteiger partial charge in [0.25, 0.3) is 5.91 Å². The van der Waals surface area contributed by atoms with Crippen molar-refractivity contribution >= 4 is 5.91 Å². The van der Waals surface area contributed by atoms with E-state index in [2.05, 4.69) is 54.5 Å². The molecule has 4 rings (SSSR count). The van der Waals surface area contributed by atoms with Crippen LogP contribution >= 0.6 is 0 Å². The predicted octanol–water partition coefficient (Wildman–Crippen LogP) is 3.73. The van der Waals surface area contributed by atoms with Gasteiger partial charge in [0, 0.05) is 50.1 Å². The van der Waals surface area contributed by atoms with Crippen molar-refractivity contribution in [3.05, 3.63) is 82.9 Å². The second-order valence-corrected chi connectivity index (χ2v) is 7.68. The number of hydrogen-bond donors (Lipinski definition) is 0. The summed E-state index contributed by atoms with van der Waals surface area (Å²) in [5, 5.41) is 4.26. The number of likely N-dealkylation sites (tertiary alicyclic amines) is 1. The normalized spacial score (nSPS) is 16.9. The van der Waals surface area contributed by atoms with Gasteiger partial charge < -0.3 is 4.90 Å². The third-order valence-electron chi connectivity index (χ3n) is 5.36. The molecule has 0 spiro atoms. The molecule has 1 aliphatic heterocycles. The lowest BCUT2D eigenvalue weighted by molar-refractivity contribution is 0.0699. The minimum Gasteiger partial charge on any atom is -0.337 e. The van der Waals surface area contributed by atoms with Crippen LogP contribution in [0.3, 0.4) is 0 Å². The summed E-state index contributed by atoms with van der Waals surface area (Å²) >= 11 is 0. The van der Waals surface area contributed by atoms with Gasteiger partial charge in [0.2, 0.25) is 0 Å². The number of aryl methyl sites for hydroxylation is 2. The van der Waals surface area contributed by atoms with Gasteiger partial charge in [0.1, 0.15) is 5.69 Å². The Hall–Kier alpha value is -2.95. The third kappa shape index (κ3) is 4.14. The molecule has 0 N–H and O–H groups in total. The molecule has 1 fully saturated rings. The highest BCUT2D eigenvalue weighted by molar-refractivity contribution is 5.92. The topological polar surface area (TPSA) is 51.0 Å². The second-order valence-electron chi connectivity index (χ2n) is 7.68. The molecular formula is C23H26N4O. The van der Waals surface area contributed by atoms with Crippen molar-refractivity contribution in [3.63, 3.8) is 0 Å². The largest absolute Gasteiger partial charge is 0.337 e. The van der Waals surface area contributed by atoms with Gasteiger partial charge >= 0.3 is 0 Å². The highest BCUT2D eigenvalue weighted by Crippen LogP contribution is 2.27. The zero-order valence-electron chi connectivity index (χ0n) is 16.5. The van der Waals surface area contributed by atoms with E-state index >= 15 is 0 Å². The average molecular weight is 374 g/mol. The number of amides is 1. The van der Waals surface area contributed by atoms with E-state index < -0.39 is 0 Å². The maximum absolute atomic E-state index is 12.8. The van der Waals surface area contributed by atoms with Crippen LogP contribution in [0, 0.1) is 6.92 Å². The fraction of sp³-hybridized carbons (Fsp3) is 0.348. The minimum absolute atomic E-state index is 0.0150. The number of pyridine rings is 1. The summed E-state index contributed by atoms with van der Waals surface area (Å²) in [5.74, 6) is 0.292. The summed E-state index contributed by atoms with van der Waals surface area (Å²) in [6.07, 6.45) is 4.70. The van der Waals surface area contributed by atoms with Gasteiger partial charge in [-0.3, -0.25) is 14.5 Å². The van der Waals surface area contributed by atoms with E-state index in [4.69, 9.17) is 4.98 Å². The molecule has 1 aliphatic rings. The van der Waals surface area contributed by atoms with Crippen LogP contribution in [0.4, 0.5) is 0 Å². The highest BCUT2D eigenvalue weighted by Gasteiger charge is 2.27. The first-order chi connectivity index (χ1) is 13.6. The van der Waals surface area contributed by atoms with Crippen LogP contribution in [-0.4, -0.2) is 38.7 Å². The van der Waals surface area contributed by atoms with E-state index in [9.17, 15) is 4.79 Å². The summed E-state index contributed by atoms with van der Waals surface area (Å²) in [6, 6.07) is 16.6. The summed E-state index contributed by atoms with van der Waals surface area (Å²) < 4.78 is 1.67. The number of aromatic nitrogens is 3. The van der Waals surface area contributed by atoms with Gasteiger partial charge in [0.05, 0.1) is 0 Å². The Balaban J connectivity index is 1.48. The fourth-order valence-corrected chi connectivity index (χ4v) is 3.95. The predicted molar refractivity (Wildman–Crippen MR) is 109 cm³/mol. The third-order valence-corrected chi connectivity index (χ3v) is 5.36. The molecule has 0 saturated carbocycles. The molecule has 2 aromatic heterocycles. The van der Waals surface area contributed by atoms with Crippen molar-refractivity contribution in [1.29, 1.82) is 0 Å². The Morgan fingerprint density at radius 3 is 2.82 bits per heavy atom. The van der Waals surface area contributed by atoms with Crippen LogP contribution in [0.5, 0.6) is 0 Å². The quantitative estimate of drug-likeness (QED) is 0.699. The van der Waals surface area contributed by atoms with Crippen LogP contribution in [0.25, 0.3) is 0 Å². The second kappa shape index (κ2) is 7.97. The lowest BCUT2D eigenvalue weighted by Gasteiger charge is -2.32. The molecular weight excluding hydrogens is 348 g/mol. The molecule has 1 aromatic carbocycles. The Labute approximate surface area is 166 Å². The Morgan fingerprint density at radius 1 is 1.18 bits per heavy atom. The molecule has 3 aromatic rings. The molecule has 5 nitrogen and oxygen atoms in total. The van der Waals surface area contributed by atoms with E-state index in [1.54, 1.807) is 10.7 Å². The van der Waals surface area contributed by atoms with Crippen LogP contribution in [0.1, 0.15) is 51.8 Å². The van der Waals surface area contributed by atoms with Crippen molar-refractivity contribution in [2.45, 2.75) is 32.1 Å². The van der Waals surface area contributed by atoms with Gasteiger partial charge in [-0.05, 0) is 43.5 Å². The monoisotopic (exact) mass is 374 g/mol. The van der Waals surface area contributed by atoms with E-state index in [1.807, 2.05) is 18.1 Å². The van der Waals surface area contributed by atoms with Crippen LogP contribution in [-0.2, 0) is 13.5 Å². The van der Waals surface area contributed by atoms with Gasteiger partial charge in [-0.25, -0.2) is 0 Å². The Kier molecular flexibility index (Phi) is 5.24. The van der Waals surface area contributed by atoms with Gasteiger partial charge in [-0.15, -0.1) is 0 Å². The molecule has 0 bridgehead atoms. The first kappa shape index (κ1) is 18.4.